The van der Waals surface area contributed by atoms with Crippen LogP contribution in [0.4, 0.5) is 0 Å². The first-order valence-electron chi connectivity index (χ1n) is 34.8. The van der Waals surface area contributed by atoms with Gasteiger partial charge in [0.25, 0.3) is 0 Å². The molecule has 8 heterocycles. The van der Waals surface area contributed by atoms with Crippen LogP contribution in [0.25, 0.3) is 213 Å². The van der Waals surface area contributed by atoms with Gasteiger partial charge < -0.3 is 0 Å². The maximum absolute atomic E-state index is 5.29. The molecule has 0 saturated heterocycles. The Balaban J connectivity index is 0.000000136. The minimum atomic E-state index is 0.659. The molecule has 0 spiro atoms. The zero-order valence-electron chi connectivity index (χ0n) is 56.0. The summed E-state index contributed by atoms with van der Waals surface area (Å²) in [7, 11) is 0. The summed E-state index contributed by atoms with van der Waals surface area (Å²) in [5, 5.41) is 11.7. The molecule has 14 aromatic carbocycles. The van der Waals surface area contributed by atoms with Crippen LogP contribution in [0.2, 0.25) is 0 Å². The molecule has 496 valence electrons. The zero-order chi connectivity index (χ0) is 69.8. The SMILES string of the molecule is c1ccc(-c2nc(-c3ccc4sc5ccccc5c4c3)nc(-c3cccc4sc5c(-c6ccc(-c7nc8ccccc8s7)cc6)cccc5c34)n2)cc1.c1ccc(-c2nc(-c3cccc4sc5ccccc5c34)nc(-c3cccc4sc5c(-c6ccc(-c7nc8ccccc8s7)cc6)cccc5c34)n2)cc1. The second-order valence-electron chi connectivity index (χ2n) is 26.0. The minimum Gasteiger partial charge on any atom is -0.236 e. The predicted octanol–water partition coefficient (Wildman–Crippen LogP) is 27.1. The molecule has 106 heavy (non-hydrogen) atoms. The summed E-state index contributed by atoms with van der Waals surface area (Å²) in [5.41, 5.74) is 15.0. The third-order valence-corrected chi connectivity index (χ3v) is 26.5. The van der Waals surface area contributed by atoms with E-state index in [0.29, 0.717) is 34.9 Å². The van der Waals surface area contributed by atoms with E-state index in [1.807, 2.05) is 82.5 Å². The van der Waals surface area contributed by atoms with Crippen molar-refractivity contribution in [2.75, 3.05) is 0 Å². The van der Waals surface area contributed by atoms with Crippen molar-refractivity contribution in [1.82, 2.24) is 39.9 Å². The van der Waals surface area contributed by atoms with Crippen LogP contribution < -0.4 is 0 Å². The zero-order valence-corrected chi connectivity index (χ0v) is 60.9. The van der Waals surface area contributed by atoms with E-state index in [4.69, 9.17) is 39.9 Å². The maximum Gasteiger partial charge on any atom is 0.164 e. The van der Waals surface area contributed by atoms with Crippen LogP contribution >= 0.6 is 68.0 Å². The number of rotatable bonds is 10. The average molecular weight is 1460 g/mol. The van der Waals surface area contributed by atoms with Crippen molar-refractivity contribution in [3.8, 4) is 112 Å². The van der Waals surface area contributed by atoms with E-state index in [-0.39, 0.29) is 0 Å². The summed E-state index contributed by atoms with van der Waals surface area (Å²) in [6, 6.07) is 111. The van der Waals surface area contributed by atoms with Crippen LogP contribution in [0.5, 0.6) is 0 Å². The molecule has 0 N–H and O–H groups in total. The fraction of sp³-hybridized carbons (Fsp3) is 0. The van der Waals surface area contributed by atoms with Crippen molar-refractivity contribution in [1.29, 1.82) is 0 Å². The largest absolute Gasteiger partial charge is 0.236 e. The van der Waals surface area contributed by atoms with E-state index >= 15 is 0 Å². The number of thiophene rings is 4. The van der Waals surface area contributed by atoms with Gasteiger partial charge in [0.15, 0.2) is 34.9 Å². The van der Waals surface area contributed by atoms with Gasteiger partial charge in [0, 0.05) is 125 Å². The summed E-state index contributed by atoms with van der Waals surface area (Å²) >= 11 is 10.7. The van der Waals surface area contributed by atoms with Gasteiger partial charge in [0.05, 0.1) is 20.4 Å². The standard InChI is InChI=1S/2C46H26N4S3/c1-2-11-28(12-3-1)43-48-44(33-16-9-21-38-40(33)31-13-4-6-19-36(31)51-38)50-45(49-43)34-17-10-22-39-41(34)32-15-8-14-30(42(32)52-39)27-23-25-29(26-24-27)46-47-35-18-5-7-20-37(35)53-46;1-2-10-28(11-3-1)43-48-44(30-24-25-38-35(26-30)32-12-4-6-17-37(32)51-38)50-45(49-43)34-15-9-19-40-41(34)33-14-8-13-31(42(33)52-40)27-20-22-29(23-21-27)46-47-36-16-5-7-18-39(36)53-46/h2*1-26H. The molecule has 0 unspecified atom stereocenters. The molecule has 0 saturated carbocycles. The van der Waals surface area contributed by atoms with Crippen molar-refractivity contribution < 1.29 is 0 Å². The Bertz CT molecular complexity index is 7150. The van der Waals surface area contributed by atoms with Gasteiger partial charge >= 0.3 is 0 Å². The van der Waals surface area contributed by atoms with E-state index in [1.165, 1.54) is 102 Å². The van der Waals surface area contributed by atoms with Crippen molar-refractivity contribution in [3.63, 3.8) is 0 Å². The van der Waals surface area contributed by atoms with E-state index in [9.17, 15) is 0 Å². The highest BCUT2D eigenvalue weighted by Crippen LogP contribution is 2.48. The van der Waals surface area contributed by atoms with Crippen LogP contribution in [0, 0.1) is 0 Å². The van der Waals surface area contributed by atoms with Gasteiger partial charge in [-0.15, -0.1) is 68.0 Å². The minimum absolute atomic E-state index is 0.659. The van der Waals surface area contributed by atoms with E-state index in [1.54, 1.807) is 34.0 Å². The number of benzene rings is 14. The number of para-hydroxylation sites is 2. The molecule has 0 radical (unpaired) electrons. The average Bonchev–Trinajstić information content (AvgIpc) is 1.59. The molecule has 22 rings (SSSR count). The number of thiazole rings is 2. The lowest BCUT2D eigenvalue weighted by atomic mass is 9.99. The molecule has 14 heteroatoms. The fourth-order valence-corrected chi connectivity index (χ4v) is 21.3. The van der Waals surface area contributed by atoms with Crippen molar-refractivity contribution in [2.45, 2.75) is 0 Å². The molecule has 8 nitrogen and oxygen atoms in total. The lowest BCUT2D eigenvalue weighted by Crippen LogP contribution is -2.00. The molecule has 0 atom stereocenters. The molecule has 0 aliphatic carbocycles. The van der Waals surface area contributed by atoms with E-state index < -0.39 is 0 Å². The topological polar surface area (TPSA) is 103 Å². The van der Waals surface area contributed by atoms with Gasteiger partial charge in [0.1, 0.15) is 10.0 Å². The second kappa shape index (κ2) is 25.9. The first-order valence-corrected chi connectivity index (χ1v) is 39.7. The molecular weight excluding hydrogens is 1410 g/mol. The molecular formula is C92H52N8S6. The quantitative estimate of drug-likeness (QED) is 0.133. The molecule has 8 aromatic heterocycles. The Morgan fingerprint density at radius 3 is 1.00 bits per heavy atom. The summed E-state index contributed by atoms with van der Waals surface area (Å²) < 4.78 is 12.3. The highest BCUT2D eigenvalue weighted by atomic mass is 32.1. The lowest BCUT2D eigenvalue weighted by Gasteiger charge is -2.10. The Hall–Kier alpha value is -12.2. The molecule has 0 bridgehead atoms. The van der Waals surface area contributed by atoms with Gasteiger partial charge in [-0.1, -0.05) is 243 Å². The number of nitrogens with zero attached hydrogens (tertiary/aromatic N) is 8. The van der Waals surface area contributed by atoms with Crippen LogP contribution in [0.3, 0.4) is 0 Å². The van der Waals surface area contributed by atoms with Crippen LogP contribution in [-0.2, 0) is 0 Å². The van der Waals surface area contributed by atoms with Crippen LogP contribution in [-0.4, -0.2) is 39.9 Å². The Kier molecular flexibility index (Phi) is 15.2. The highest BCUT2D eigenvalue weighted by molar-refractivity contribution is 7.27. The molecule has 22 aromatic rings. The van der Waals surface area contributed by atoms with Gasteiger partial charge in [-0.25, -0.2) is 39.9 Å². The first-order chi connectivity index (χ1) is 52.5. The molecule has 0 aliphatic heterocycles. The van der Waals surface area contributed by atoms with Gasteiger partial charge in [-0.2, -0.15) is 0 Å². The number of hydrogen-bond donors (Lipinski definition) is 0. The maximum atomic E-state index is 5.29. The number of fused-ring (bicyclic) bond motifs is 14. The summed E-state index contributed by atoms with van der Waals surface area (Å²) in [4.78, 5) is 40.8. The van der Waals surface area contributed by atoms with Crippen LogP contribution in [0.15, 0.2) is 315 Å². The van der Waals surface area contributed by atoms with Crippen molar-refractivity contribution in [2.24, 2.45) is 0 Å². The monoisotopic (exact) mass is 1460 g/mol. The first kappa shape index (κ1) is 62.3. The third kappa shape index (κ3) is 10.9. The second-order valence-corrected chi connectivity index (χ2v) is 32.3. The van der Waals surface area contributed by atoms with E-state index in [2.05, 4.69) is 267 Å². The predicted molar refractivity (Wildman–Crippen MR) is 452 cm³/mol. The third-order valence-electron chi connectivity index (χ3n) is 19.6. The van der Waals surface area contributed by atoms with Crippen LogP contribution in [0.1, 0.15) is 0 Å². The molecule has 0 amide bonds. The molecule has 0 fully saturated rings. The number of aromatic nitrogens is 8. The van der Waals surface area contributed by atoms with Crippen molar-refractivity contribution in [3.05, 3.63) is 315 Å². The normalized spacial score (nSPS) is 11.8. The highest BCUT2D eigenvalue weighted by Gasteiger charge is 2.24. The smallest absolute Gasteiger partial charge is 0.164 e. The van der Waals surface area contributed by atoms with Crippen molar-refractivity contribution >= 4 is 169 Å². The summed E-state index contributed by atoms with van der Waals surface area (Å²) in [5.74, 6) is 3.99. The Morgan fingerprint density at radius 2 is 0.500 bits per heavy atom. The van der Waals surface area contributed by atoms with Gasteiger partial charge in [-0.05, 0) is 95.1 Å². The Morgan fingerprint density at radius 1 is 0.170 bits per heavy atom. The molecule has 0 aliphatic rings. The summed E-state index contributed by atoms with van der Waals surface area (Å²) in [6.07, 6.45) is 0. The fourth-order valence-electron chi connectivity index (χ4n) is 14.6. The van der Waals surface area contributed by atoms with E-state index in [0.717, 1.165) is 76.3 Å². The lowest BCUT2D eigenvalue weighted by molar-refractivity contribution is 1.08. The van der Waals surface area contributed by atoms with Gasteiger partial charge in [-0.3, -0.25) is 0 Å². The number of hydrogen-bond acceptors (Lipinski definition) is 14. The summed E-state index contributed by atoms with van der Waals surface area (Å²) in [6.45, 7) is 0. The van der Waals surface area contributed by atoms with Gasteiger partial charge in [0.2, 0.25) is 0 Å². The Labute approximate surface area is 630 Å².